The SMILES string of the molecule is C=CC(c1ccccc1)C(F)(F)C(=O)c1ccccc1. The molecule has 1 nitrogen and oxygen atoms in total. The minimum atomic E-state index is -3.52. The zero-order chi connectivity index (χ0) is 14.6. The summed E-state index contributed by atoms with van der Waals surface area (Å²) in [6.45, 7) is 3.45. The van der Waals surface area contributed by atoms with Crippen molar-refractivity contribution in [2.75, 3.05) is 0 Å². The molecule has 0 fully saturated rings. The van der Waals surface area contributed by atoms with Gasteiger partial charge in [0.2, 0.25) is 5.78 Å². The summed E-state index contributed by atoms with van der Waals surface area (Å²) in [5, 5.41) is 0. The summed E-state index contributed by atoms with van der Waals surface area (Å²) in [5.74, 6) is -6.05. The van der Waals surface area contributed by atoms with Gasteiger partial charge in [0.25, 0.3) is 0 Å². The highest BCUT2D eigenvalue weighted by Crippen LogP contribution is 2.37. The Hall–Kier alpha value is -2.29. The largest absolute Gasteiger partial charge is 0.319 e. The second-order valence-corrected chi connectivity index (χ2v) is 4.44. The van der Waals surface area contributed by atoms with Crippen LogP contribution in [0.15, 0.2) is 73.3 Å². The highest BCUT2D eigenvalue weighted by Gasteiger charge is 2.46. The van der Waals surface area contributed by atoms with E-state index in [4.69, 9.17) is 0 Å². The van der Waals surface area contributed by atoms with E-state index in [2.05, 4.69) is 6.58 Å². The third-order valence-electron chi connectivity index (χ3n) is 3.12. The van der Waals surface area contributed by atoms with Gasteiger partial charge in [-0.25, -0.2) is 0 Å². The fourth-order valence-corrected chi connectivity index (χ4v) is 2.08. The number of hydrogen-bond donors (Lipinski definition) is 0. The molecule has 20 heavy (non-hydrogen) atoms. The van der Waals surface area contributed by atoms with Crippen molar-refractivity contribution < 1.29 is 13.6 Å². The molecule has 0 aromatic heterocycles. The van der Waals surface area contributed by atoms with Crippen LogP contribution in [-0.2, 0) is 0 Å². The smallest absolute Gasteiger partial charge is 0.287 e. The first-order valence-corrected chi connectivity index (χ1v) is 6.22. The molecule has 0 aliphatic carbocycles. The van der Waals surface area contributed by atoms with E-state index in [1.165, 1.54) is 12.1 Å². The van der Waals surface area contributed by atoms with E-state index in [9.17, 15) is 13.6 Å². The number of hydrogen-bond acceptors (Lipinski definition) is 1. The van der Waals surface area contributed by atoms with Gasteiger partial charge in [-0.2, -0.15) is 8.78 Å². The summed E-state index contributed by atoms with van der Waals surface area (Å²) in [7, 11) is 0. The van der Waals surface area contributed by atoms with Crippen LogP contribution in [0.1, 0.15) is 21.8 Å². The highest BCUT2D eigenvalue weighted by molar-refractivity contribution is 6.02. The molecular weight excluding hydrogens is 258 g/mol. The van der Waals surface area contributed by atoms with E-state index in [1.807, 2.05) is 0 Å². The van der Waals surface area contributed by atoms with Gasteiger partial charge in [0.1, 0.15) is 0 Å². The molecule has 1 unspecified atom stereocenters. The van der Waals surface area contributed by atoms with Crippen molar-refractivity contribution in [3.8, 4) is 0 Å². The fourth-order valence-electron chi connectivity index (χ4n) is 2.08. The minimum Gasteiger partial charge on any atom is -0.287 e. The Labute approximate surface area is 116 Å². The number of Topliss-reactive ketones (excluding diaryl/α,β-unsaturated/α-hetero) is 1. The molecule has 2 aromatic rings. The molecular formula is C17H14F2O. The third-order valence-corrected chi connectivity index (χ3v) is 3.12. The van der Waals surface area contributed by atoms with Crippen LogP contribution in [0.5, 0.6) is 0 Å². The predicted octanol–water partition coefficient (Wildman–Crippen LogP) is 4.47. The van der Waals surface area contributed by atoms with Gasteiger partial charge in [-0.1, -0.05) is 66.7 Å². The van der Waals surface area contributed by atoms with Crippen LogP contribution in [0, 0.1) is 0 Å². The maximum Gasteiger partial charge on any atom is 0.319 e. The van der Waals surface area contributed by atoms with Gasteiger partial charge in [0.05, 0.1) is 5.92 Å². The van der Waals surface area contributed by atoms with E-state index < -0.39 is 17.6 Å². The van der Waals surface area contributed by atoms with E-state index in [0.29, 0.717) is 5.56 Å². The quantitative estimate of drug-likeness (QED) is 0.579. The zero-order valence-electron chi connectivity index (χ0n) is 10.8. The van der Waals surface area contributed by atoms with Gasteiger partial charge in [-0.05, 0) is 5.56 Å². The molecule has 0 N–H and O–H groups in total. The number of allylic oxidation sites excluding steroid dienone is 1. The Morgan fingerprint density at radius 1 is 1.00 bits per heavy atom. The molecule has 0 radical (unpaired) electrons. The Balaban J connectivity index is 2.38. The lowest BCUT2D eigenvalue weighted by Crippen LogP contribution is -2.35. The number of carbonyl (C=O) groups excluding carboxylic acids is 1. The van der Waals surface area contributed by atoms with Crippen molar-refractivity contribution in [3.63, 3.8) is 0 Å². The van der Waals surface area contributed by atoms with Crippen LogP contribution in [0.2, 0.25) is 0 Å². The number of rotatable bonds is 5. The molecule has 0 amide bonds. The summed E-state index contributed by atoms with van der Waals surface area (Å²) in [6, 6.07) is 15.8. The van der Waals surface area contributed by atoms with Crippen LogP contribution >= 0.6 is 0 Å². The topological polar surface area (TPSA) is 17.1 Å². The second-order valence-electron chi connectivity index (χ2n) is 4.44. The van der Waals surface area contributed by atoms with Crippen LogP contribution in [0.3, 0.4) is 0 Å². The average Bonchev–Trinajstić information content (AvgIpc) is 2.49. The lowest BCUT2D eigenvalue weighted by molar-refractivity contribution is 0.00118. The Bertz CT molecular complexity index is 591. The van der Waals surface area contributed by atoms with Gasteiger partial charge in [0, 0.05) is 5.56 Å². The summed E-state index contributed by atoms with van der Waals surface area (Å²) >= 11 is 0. The van der Waals surface area contributed by atoms with Gasteiger partial charge in [-0.15, -0.1) is 6.58 Å². The number of halogens is 2. The van der Waals surface area contributed by atoms with E-state index in [0.717, 1.165) is 6.08 Å². The fraction of sp³-hybridized carbons (Fsp3) is 0.118. The monoisotopic (exact) mass is 272 g/mol. The molecule has 0 bridgehead atoms. The highest BCUT2D eigenvalue weighted by atomic mass is 19.3. The molecule has 3 heteroatoms. The van der Waals surface area contributed by atoms with Crippen molar-refractivity contribution in [2.24, 2.45) is 0 Å². The predicted molar refractivity (Wildman–Crippen MR) is 75.1 cm³/mol. The summed E-state index contributed by atoms with van der Waals surface area (Å²) < 4.78 is 28.9. The van der Waals surface area contributed by atoms with Gasteiger partial charge >= 0.3 is 5.92 Å². The molecule has 0 aliphatic rings. The molecule has 1 atom stereocenters. The Kier molecular flexibility index (Phi) is 4.08. The van der Waals surface area contributed by atoms with Crippen molar-refractivity contribution >= 4 is 5.78 Å². The molecule has 2 aromatic carbocycles. The third kappa shape index (κ3) is 2.67. The normalized spacial score (nSPS) is 12.7. The Morgan fingerprint density at radius 2 is 1.50 bits per heavy atom. The summed E-state index contributed by atoms with van der Waals surface area (Å²) in [5.41, 5.74) is 0.372. The summed E-state index contributed by atoms with van der Waals surface area (Å²) in [6.07, 6.45) is 1.12. The molecule has 0 heterocycles. The van der Waals surface area contributed by atoms with E-state index in [1.54, 1.807) is 48.5 Å². The minimum absolute atomic E-state index is 0.000260. The maximum atomic E-state index is 14.4. The maximum absolute atomic E-state index is 14.4. The summed E-state index contributed by atoms with van der Waals surface area (Å²) in [4.78, 5) is 12.0. The van der Waals surface area contributed by atoms with E-state index in [-0.39, 0.29) is 5.56 Å². The number of benzene rings is 2. The van der Waals surface area contributed by atoms with Crippen molar-refractivity contribution in [2.45, 2.75) is 11.8 Å². The average molecular weight is 272 g/mol. The van der Waals surface area contributed by atoms with Crippen molar-refractivity contribution in [1.82, 2.24) is 0 Å². The number of alkyl halides is 2. The van der Waals surface area contributed by atoms with Crippen LogP contribution in [0.4, 0.5) is 8.78 Å². The van der Waals surface area contributed by atoms with Gasteiger partial charge in [0.15, 0.2) is 0 Å². The van der Waals surface area contributed by atoms with Crippen LogP contribution < -0.4 is 0 Å². The molecule has 102 valence electrons. The first-order chi connectivity index (χ1) is 9.57. The first-order valence-electron chi connectivity index (χ1n) is 6.22. The number of carbonyl (C=O) groups is 1. The lowest BCUT2D eigenvalue weighted by Gasteiger charge is -2.23. The molecule has 0 spiro atoms. The molecule has 0 saturated carbocycles. The second kappa shape index (κ2) is 5.78. The van der Waals surface area contributed by atoms with Crippen molar-refractivity contribution in [3.05, 3.63) is 84.4 Å². The van der Waals surface area contributed by atoms with Gasteiger partial charge < -0.3 is 0 Å². The van der Waals surface area contributed by atoms with Crippen LogP contribution in [-0.4, -0.2) is 11.7 Å². The first kappa shape index (κ1) is 14.1. The molecule has 2 rings (SSSR count). The molecule has 0 saturated heterocycles. The lowest BCUT2D eigenvalue weighted by atomic mass is 9.88. The standard InChI is InChI=1S/C17H14F2O/c1-2-15(13-9-5-3-6-10-13)17(18,19)16(20)14-11-7-4-8-12-14/h2-12,15H,1H2. The van der Waals surface area contributed by atoms with Crippen molar-refractivity contribution in [1.29, 1.82) is 0 Å². The van der Waals surface area contributed by atoms with Gasteiger partial charge in [-0.3, -0.25) is 4.79 Å². The Morgan fingerprint density at radius 3 is 2.00 bits per heavy atom. The zero-order valence-corrected chi connectivity index (χ0v) is 10.8. The van der Waals surface area contributed by atoms with E-state index >= 15 is 0 Å². The molecule has 0 aliphatic heterocycles. The number of ketones is 1. The van der Waals surface area contributed by atoms with Crippen LogP contribution in [0.25, 0.3) is 0 Å².